The second-order valence-electron chi connectivity index (χ2n) is 5.44. The molecule has 0 bridgehead atoms. The van der Waals surface area contributed by atoms with E-state index >= 15 is 0 Å². The Morgan fingerprint density at radius 2 is 1.95 bits per heavy atom. The summed E-state index contributed by atoms with van der Waals surface area (Å²) < 4.78 is 5.72. The van der Waals surface area contributed by atoms with Gasteiger partial charge in [-0.1, -0.05) is 31.9 Å². The molecule has 1 heterocycles. The zero-order chi connectivity index (χ0) is 14.9. The second-order valence-corrected chi connectivity index (χ2v) is 5.44. The lowest BCUT2D eigenvalue weighted by Gasteiger charge is -2.31. The van der Waals surface area contributed by atoms with Gasteiger partial charge in [0.05, 0.1) is 12.7 Å². The van der Waals surface area contributed by atoms with Gasteiger partial charge in [-0.25, -0.2) is 0 Å². The van der Waals surface area contributed by atoms with Crippen LogP contribution >= 0.6 is 0 Å². The Balaban J connectivity index is 1.91. The van der Waals surface area contributed by atoms with E-state index in [-0.39, 0.29) is 6.04 Å². The fourth-order valence-electron chi connectivity index (χ4n) is 2.60. The van der Waals surface area contributed by atoms with Crippen LogP contribution in [-0.4, -0.2) is 37.7 Å². The van der Waals surface area contributed by atoms with Crippen molar-refractivity contribution in [3.05, 3.63) is 29.8 Å². The van der Waals surface area contributed by atoms with Crippen molar-refractivity contribution in [2.45, 2.75) is 32.2 Å². The number of ether oxygens (including phenoxy) is 1. The van der Waals surface area contributed by atoms with E-state index in [9.17, 15) is 5.26 Å². The van der Waals surface area contributed by atoms with Gasteiger partial charge in [-0.05, 0) is 24.1 Å². The SMILES string of the molecule is CCCCCOc1ccc(C(C#N)N2CCNCC2)cc1. The lowest BCUT2D eigenvalue weighted by molar-refractivity contribution is 0.207. The smallest absolute Gasteiger partial charge is 0.123 e. The number of hydrogen-bond acceptors (Lipinski definition) is 4. The summed E-state index contributed by atoms with van der Waals surface area (Å²) in [6, 6.07) is 10.3. The molecule has 0 amide bonds. The summed E-state index contributed by atoms with van der Waals surface area (Å²) in [6.07, 6.45) is 3.51. The van der Waals surface area contributed by atoms with E-state index in [1.165, 1.54) is 12.8 Å². The third kappa shape index (κ3) is 4.73. The van der Waals surface area contributed by atoms with Crippen LogP contribution in [0.2, 0.25) is 0 Å². The van der Waals surface area contributed by atoms with E-state index < -0.39 is 0 Å². The van der Waals surface area contributed by atoms with Crippen molar-refractivity contribution in [1.29, 1.82) is 5.26 Å². The maximum Gasteiger partial charge on any atom is 0.123 e. The third-order valence-electron chi connectivity index (χ3n) is 3.85. The highest BCUT2D eigenvalue weighted by Gasteiger charge is 2.21. The first-order valence-corrected chi connectivity index (χ1v) is 7.92. The second kappa shape index (κ2) is 8.66. The average molecular weight is 287 g/mol. The van der Waals surface area contributed by atoms with E-state index in [4.69, 9.17) is 4.74 Å². The molecule has 114 valence electrons. The van der Waals surface area contributed by atoms with E-state index in [0.717, 1.165) is 50.5 Å². The molecule has 1 atom stereocenters. The number of nitriles is 1. The average Bonchev–Trinajstić information content (AvgIpc) is 2.55. The zero-order valence-corrected chi connectivity index (χ0v) is 12.8. The molecule has 1 saturated heterocycles. The van der Waals surface area contributed by atoms with Gasteiger partial charge in [0.25, 0.3) is 0 Å². The molecule has 1 unspecified atom stereocenters. The van der Waals surface area contributed by atoms with Crippen LogP contribution in [0.3, 0.4) is 0 Å². The molecular weight excluding hydrogens is 262 g/mol. The molecule has 2 rings (SSSR count). The summed E-state index contributed by atoms with van der Waals surface area (Å²) >= 11 is 0. The molecule has 4 nitrogen and oxygen atoms in total. The standard InChI is InChI=1S/C17H25N3O/c1-2-3-4-13-21-16-7-5-15(6-8-16)17(14-18)20-11-9-19-10-12-20/h5-8,17,19H,2-4,9-13H2,1H3. The van der Waals surface area contributed by atoms with Crippen LogP contribution in [0, 0.1) is 11.3 Å². The Kier molecular flexibility index (Phi) is 6.52. The number of hydrogen-bond donors (Lipinski definition) is 1. The number of nitrogens with zero attached hydrogens (tertiary/aromatic N) is 2. The van der Waals surface area contributed by atoms with Crippen molar-refractivity contribution >= 4 is 0 Å². The number of unbranched alkanes of at least 4 members (excludes halogenated alkanes) is 2. The molecule has 21 heavy (non-hydrogen) atoms. The van der Waals surface area contributed by atoms with Gasteiger partial charge in [0.1, 0.15) is 11.8 Å². The predicted molar refractivity (Wildman–Crippen MR) is 84.3 cm³/mol. The Morgan fingerprint density at radius 1 is 1.24 bits per heavy atom. The maximum atomic E-state index is 9.46. The van der Waals surface area contributed by atoms with E-state index in [2.05, 4.69) is 23.2 Å². The minimum absolute atomic E-state index is 0.152. The first-order chi connectivity index (χ1) is 10.3. The van der Waals surface area contributed by atoms with E-state index in [0.29, 0.717) is 0 Å². The molecule has 0 saturated carbocycles. The highest BCUT2D eigenvalue weighted by atomic mass is 16.5. The Hall–Kier alpha value is -1.57. The maximum absolute atomic E-state index is 9.46. The number of piperazine rings is 1. The fraction of sp³-hybridized carbons (Fsp3) is 0.588. The van der Waals surface area contributed by atoms with Crippen molar-refractivity contribution < 1.29 is 4.74 Å². The Morgan fingerprint density at radius 3 is 2.57 bits per heavy atom. The van der Waals surface area contributed by atoms with Gasteiger partial charge in [-0.2, -0.15) is 5.26 Å². The molecule has 1 N–H and O–H groups in total. The van der Waals surface area contributed by atoms with Gasteiger partial charge in [0, 0.05) is 26.2 Å². The fourth-order valence-corrected chi connectivity index (χ4v) is 2.60. The lowest BCUT2D eigenvalue weighted by Crippen LogP contribution is -2.44. The summed E-state index contributed by atoms with van der Waals surface area (Å²) in [5.41, 5.74) is 1.06. The van der Waals surface area contributed by atoms with Crippen LogP contribution in [0.4, 0.5) is 0 Å². The van der Waals surface area contributed by atoms with Crippen LogP contribution in [-0.2, 0) is 0 Å². The van der Waals surface area contributed by atoms with E-state index in [1.807, 2.05) is 24.3 Å². The first-order valence-electron chi connectivity index (χ1n) is 7.92. The molecule has 0 aliphatic carbocycles. The van der Waals surface area contributed by atoms with Gasteiger partial charge < -0.3 is 10.1 Å². The molecule has 1 aromatic carbocycles. The van der Waals surface area contributed by atoms with Crippen LogP contribution in [0.1, 0.15) is 37.8 Å². The van der Waals surface area contributed by atoms with Crippen LogP contribution in [0.15, 0.2) is 24.3 Å². The number of benzene rings is 1. The van der Waals surface area contributed by atoms with Crippen LogP contribution < -0.4 is 10.1 Å². The predicted octanol–water partition coefficient (Wildman–Crippen LogP) is 2.73. The number of nitrogens with one attached hydrogen (secondary N) is 1. The quantitative estimate of drug-likeness (QED) is 0.783. The van der Waals surface area contributed by atoms with Gasteiger partial charge in [0.2, 0.25) is 0 Å². The van der Waals surface area contributed by atoms with Crippen molar-refractivity contribution in [2.75, 3.05) is 32.8 Å². The Bertz CT molecular complexity index is 446. The molecular formula is C17H25N3O. The minimum atomic E-state index is -0.152. The monoisotopic (exact) mass is 287 g/mol. The summed E-state index contributed by atoms with van der Waals surface area (Å²) in [6.45, 7) is 6.72. The minimum Gasteiger partial charge on any atom is -0.494 e. The molecule has 0 aromatic heterocycles. The van der Waals surface area contributed by atoms with Crippen molar-refractivity contribution in [1.82, 2.24) is 10.2 Å². The topological polar surface area (TPSA) is 48.3 Å². The van der Waals surface area contributed by atoms with Gasteiger partial charge >= 0.3 is 0 Å². The van der Waals surface area contributed by atoms with Crippen molar-refractivity contribution in [2.24, 2.45) is 0 Å². The van der Waals surface area contributed by atoms with Crippen LogP contribution in [0.5, 0.6) is 5.75 Å². The third-order valence-corrected chi connectivity index (χ3v) is 3.85. The molecule has 1 fully saturated rings. The summed E-state index contributed by atoms with van der Waals surface area (Å²) in [4.78, 5) is 2.23. The van der Waals surface area contributed by atoms with Crippen molar-refractivity contribution in [3.63, 3.8) is 0 Å². The molecule has 0 radical (unpaired) electrons. The summed E-state index contributed by atoms with van der Waals surface area (Å²) in [7, 11) is 0. The first kappa shape index (κ1) is 15.8. The molecule has 0 spiro atoms. The van der Waals surface area contributed by atoms with Crippen molar-refractivity contribution in [3.8, 4) is 11.8 Å². The highest BCUT2D eigenvalue weighted by Crippen LogP contribution is 2.23. The van der Waals surface area contributed by atoms with Gasteiger partial charge in [-0.3, -0.25) is 4.90 Å². The lowest BCUT2D eigenvalue weighted by atomic mass is 10.1. The van der Waals surface area contributed by atoms with Gasteiger partial charge in [-0.15, -0.1) is 0 Å². The van der Waals surface area contributed by atoms with Gasteiger partial charge in [0.15, 0.2) is 0 Å². The zero-order valence-electron chi connectivity index (χ0n) is 12.8. The molecule has 1 aliphatic rings. The molecule has 4 heteroatoms. The highest BCUT2D eigenvalue weighted by molar-refractivity contribution is 5.31. The molecule has 1 aromatic rings. The summed E-state index contributed by atoms with van der Waals surface area (Å²) in [5.74, 6) is 0.895. The van der Waals surface area contributed by atoms with Crippen LogP contribution in [0.25, 0.3) is 0 Å². The number of rotatable bonds is 7. The largest absolute Gasteiger partial charge is 0.494 e. The summed E-state index contributed by atoms with van der Waals surface area (Å²) in [5, 5.41) is 12.8. The molecule has 1 aliphatic heterocycles. The normalized spacial score (nSPS) is 17.1. The van der Waals surface area contributed by atoms with E-state index in [1.54, 1.807) is 0 Å². The Labute approximate surface area is 127 Å².